The van der Waals surface area contributed by atoms with Gasteiger partial charge in [-0.2, -0.15) is 18.2 Å². The van der Waals surface area contributed by atoms with Gasteiger partial charge < -0.3 is 10.6 Å². The topological polar surface area (TPSA) is 84.2 Å². The number of aromatic nitrogens is 4. The summed E-state index contributed by atoms with van der Waals surface area (Å²) in [6, 6.07) is 0. The Kier molecular flexibility index (Phi) is 5.64. The molecule has 27 heavy (non-hydrogen) atoms. The average Bonchev–Trinajstić information content (AvgIpc) is 3.05. The molecule has 0 saturated carbocycles. The van der Waals surface area contributed by atoms with Crippen LogP contribution in [0, 0.1) is 19.8 Å². The van der Waals surface area contributed by atoms with Gasteiger partial charge in [-0.05, 0) is 57.7 Å². The Morgan fingerprint density at radius 1 is 1.33 bits per heavy atom. The van der Waals surface area contributed by atoms with E-state index in [9.17, 15) is 18.0 Å². The molecular formula is C17H23F3N6O. The van der Waals surface area contributed by atoms with Crippen LogP contribution in [0.1, 0.15) is 42.0 Å². The van der Waals surface area contributed by atoms with E-state index in [2.05, 4.69) is 25.7 Å². The van der Waals surface area contributed by atoms with E-state index in [1.54, 1.807) is 13.8 Å². The zero-order valence-corrected chi connectivity index (χ0v) is 15.4. The summed E-state index contributed by atoms with van der Waals surface area (Å²) < 4.78 is 39.6. The van der Waals surface area contributed by atoms with Crippen LogP contribution in [0.2, 0.25) is 0 Å². The summed E-state index contributed by atoms with van der Waals surface area (Å²) in [4.78, 5) is 19.7. The van der Waals surface area contributed by atoms with Crippen LogP contribution in [-0.2, 0) is 17.4 Å². The molecule has 1 unspecified atom stereocenters. The van der Waals surface area contributed by atoms with Crippen LogP contribution in [-0.4, -0.2) is 45.1 Å². The lowest BCUT2D eigenvalue weighted by Gasteiger charge is -2.22. The van der Waals surface area contributed by atoms with Gasteiger partial charge in [-0.3, -0.25) is 4.79 Å². The molecule has 1 fully saturated rings. The molecule has 0 aromatic carbocycles. The first-order valence-corrected chi connectivity index (χ1v) is 9.03. The smallest absolute Gasteiger partial charge is 0.356 e. The Hall–Kier alpha value is -2.23. The average molecular weight is 384 g/mol. The van der Waals surface area contributed by atoms with Crippen LogP contribution < -0.4 is 10.6 Å². The lowest BCUT2D eigenvalue weighted by Crippen LogP contribution is -2.38. The minimum absolute atomic E-state index is 0.0750. The van der Waals surface area contributed by atoms with Crippen LogP contribution in [0.5, 0.6) is 0 Å². The van der Waals surface area contributed by atoms with E-state index >= 15 is 0 Å². The van der Waals surface area contributed by atoms with E-state index in [1.165, 1.54) is 0 Å². The second kappa shape index (κ2) is 7.79. The van der Waals surface area contributed by atoms with E-state index in [4.69, 9.17) is 0 Å². The first kappa shape index (κ1) is 19.5. The fourth-order valence-electron chi connectivity index (χ4n) is 3.37. The van der Waals surface area contributed by atoms with E-state index < -0.39 is 12.0 Å². The molecule has 2 N–H and O–H groups in total. The third kappa shape index (κ3) is 4.55. The number of amides is 1. The maximum absolute atomic E-state index is 12.8. The van der Waals surface area contributed by atoms with Crippen molar-refractivity contribution >= 4 is 11.7 Å². The molecule has 2 aromatic heterocycles. The summed E-state index contributed by atoms with van der Waals surface area (Å²) in [6.45, 7) is 5.94. The Morgan fingerprint density at radius 3 is 2.78 bits per heavy atom. The zero-order valence-electron chi connectivity index (χ0n) is 15.4. The van der Waals surface area contributed by atoms with Crippen molar-refractivity contribution in [2.24, 2.45) is 5.92 Å². The molecule has 2 aromatic rings. The van der Waals surface area contributed by atoms with E-state index in [0.29, 0.717) is 30.3 Å². The Balaban J connectivity index is 1.66. The molecule has 1 aliphatic rings. The highest BCUT2D eigenvalue weighted by Crippen LogP contribution is 2.27. The van der Waals surface area contributed by atoms with Gasteiger partial charge in [-0.25, -0.2) is 9.50 Å². The van der Waals surface area contributed by atoms with Crippen LogP contribution in [0.25, 0.3) is 5.78 Å². The lowest BCUT2D eigenvalue weighted by molar-refractivity contribution is -0.144. The van der Waals surface area contributed by atoms with Crippen LogP contribution >= 0.6 is 0 Å². The molecular weight excluding hydrogens is 361 g/mol. The van der Waals surface area contributed by atoms with Gasteiger partial charge in [0.2, 0.25) is 5.91 Å². The molecule has 3 heterocycles. The predicted molar refractivity (Wildman–Crippen MR) is 92.2 cm³/mol. The van der Waals surface area contributed by atoms with Gasteiger partial charge >= 0.3 is 6.18 Å². The third-order valence-electron chi connectivity index (χ3n) is 4.89. The normalized spacial score (nSPS) is 18.0. The van der Waals surface area contributed by atoms with Gasteiger partial charge in [-0.1, -0.05) is 0 Å². The van der Waals surface area contributed by atoms with E-state index in [0.717, 1.165) is 36.0 Å². The Labute approximate surface area is 154 Å². The van der Waals surface area contributed by atoms with Crippen molar-refractivity contribution in [1.29, 1.82) is 0 Å². The molecule has 10 heteroatoms. The molecule has 1 amide bonds. The van der Waals surface area contributed by atoms with Crippen molar-refractivity contribution < 1.29 is 18.0 Å². The minimum atomic E-state index is -4.62. The number of rotatable bonds is 5. The lowest BCUT2D eigenvalue weighted by atomic mass is 9.99. The Morgan fingerprint density at radius 2 is 2.11 bits per heavy atom. The Bertz CT molecular complexity index is 826. The molecule has 1 atom stereocenters. The quantitative estimate of drug-likeness (QED) is 0.821. The van der Waals surface area contributed by atoms with E-state index in [-0.39, 0.29) is 18.1 Å². The molecule has 0 radical (unpaired) electrons. The standard InChI is InChI=1S/C17H23F3N6O/c1-10-13(5-6-14(27)22-9-12-4-3-7-21-8-12)11(2)26-16(23-10)24-15(25-26)17(18,19)20/h12,21H,3-9H2,1-2H3,(H,22,27). The van der Waals surface area contributed by atoms with E-state index in [1.807, 2.05) is 0 Å². The second-order valence-corrected chi connectivity index (χ2v) is 6.92. The first-order valence-electron chi connectivity index (χ1n) is 9.03. The third-order valence-corrected chi connectivity index (χ3v) is 4.89. The summed E-state index contributed by atoms with van der Waals surface area (Å²) in [5, 5.41) is 9.77. The molecule has 1 aliphatic heterocycles. The van der Waals surface area contributed by atoms with Gasteiger partial charge in [-0.15, -0.1) is 5.10 Å². The largest absolute Gasteiger partial charge is 0.453 e. The van der Waals surface area contributed by atoms with Gasteiger partial charge in [0.15, 0.2) is 0 Å². The van der Waals surface area contributed by atoms with Gasteiger partial charge in [0, 0.05) is 24.4 Å². The number of piperidine rings is 1. The van der Waals surface area contributed by atoms with Gasteiger partial charge in [0.1, 0.15) is 0 Å². The van der Waals surface area contributed by atoms with Crippen LogP contribution in [0.15, 0.2) is 0 Å². The summed E-state index contributed by atoms with van der Waals surface area (Å²) in [5.74, 6) is -0.932. The number of carbonyl (C=O) groups excluding carboxylic acids is 1. The maximum atomic E-state index is 12.8. The fourth-order valence-corrected chi connectivity index (χ4v) is 3.37. The number of hydrogen-bond acceptors (Lipinski definition) is 5. The summed E-state index contributed by atoms with van der Waals surface area (Å²) >= 11 is 0. The highest BCUT2D eigenvalue weighted by atomic mass is 19.4. The molecule has 0 spiro atoms. The van der Waals surface area contributed by atoms with Crippen molar-refractivity contribution in [1.82, 2.24) is 30.2 Å². The number of nitrogens with one attached hydrogen (secondary N) is 2. The number of hydrogen-bond donors (Lipinski definition) is 2. The minimum Gasteiger partial charge on any atom is -0.356 e. The van der Waals surface area contributed by atoms with Crippen molar-refractivity contribution in [2.75, 3.05) is 19.6 Å². The predicted octanol–water partition coefficient (Wildman–Crippen LogP) is 1.81. The van der Waals surface area contributed by atoms with Crippen molar-refractivity contribution in [3.05, 3.63) is 22.8 Å². The van der Waals surface area contributed by atoms with Crippen LogP contribution in [0.4, 0.5) is 13.2 Å². The SMILES string of the molecule is Cc1nc2nc(C(F)(F)F)nn2c(C)c1CCC(=O)NCC1CCCNC1. The molecule has 1 saturated heterocycles. The highest BCUT2D eigenvalue weighted by molar-refractivity contribution is 5.76. The molecule has 0 bridgehead atoms. The van der Waals surface area contributed by atoms with Crippen molar-refractivity contribution in [2.45, 2.75) is 45.7 Å². The zero-order chi connectivity index (χ0) is 19.6. The van der Waals surface area contributed by atoms with Gasteiger partial charge in [0.25, 0.3) is 11.6 Å². The van der Waals surface area contributed by atoms with Crippen molar-refractivity contribution in [3.63, 3.8) is 0 Å². The summed E-state index contributed by atoms with van der Waals surface area (Å²) in [6.07, 6.45) is -1.78. The second-order valence-electron chi connectivity index (χ2n) is 6.92. The molecule has 148 valence electrons. The fraction of sp³-hybridized carbons (Fsp3) is 0.647. The molecule has 7 nitrogen and oxygen atoms in total. The highest BCUT2D eigenvalue weighted by Gasteiger charge is 2.37. The van der Waals surface area contributed by atoms with Crippen molar-refractivity contribution in [3.8, 4) is 0 Å². The van der Waals surface area contributed by atoms with Crippen LogP contribution in [0.3, 0.4) is 0 Å². The number of nitrogens with zero attached hydrogens (tertiary/aromatic N) is 4. The number of halogens is 3. The molecule has 3 rings (SSSR count). The maximum Gasteiger partial charge on any atom is 0.453 e. The number of aryl methyl sites for hydroxylation is 2. The number of carbonyl (C=O) groups is 1. The summed E-state index contributed by atoms with van der Waals surface area (Å²) in [5.41, 5.74) is 1.80. The number of fused-ring (bicyclic) bond motifs is 1. The monoisotopic (exact) mass is 384 g/mol. The number of alkyl halides is 3. The first-order chi connectivity index (χ1) is 12.8. The van der Waals surface area contributed by atoms with Gasteiger partial charge in [0.05, 0.1) is 0 Å². The summed E-state index contributed by atoms with van der Waals surface area (Å²) in [7, 11) is 0. The molecule has 0 aliphatic carbocycles.